The number of nitrogens with one attached hydrogen (secondary N) is 1. The van der Waals surface area contributed by atoms with Gasteiger partial charge in [0.1, 0.15) is 11.3 Å². The molecule has 15 heavy (non-hydrogen) atoms. The molecule has 0 unspecified atom stereocenters. The van der Waals surface area contributed by atoms with Gasteiger partial charge in [0, 0.05) is 6.20 Å². The summed E-state index contributed by atoms with van der Waals surface area (Å²) < 4.78 is 38.3. The minimum absolute atomic E-state index is 0.00926. The highest BCUT2D eigenvalue weighted by atomic mass is 19.4. The maximum absolute atomic E-state index is 12.5. The number of rotatable bonds is 1. The van der Waals surface area contributed by atoms with Crippen LogP contribution in [0, 0.1) is 12.3 Å². The van der Waals surface area contributed by atoms with Gasteiger partial charge in [0.15, 0.2) is 0 Å². The van der Waals surface area contributed by atoms with E-state index >= 15 is 0 Å². The quantitative estimate of drug-likeness (QED) is 0.738. The first kappa shape index (κ1) is 11.4. The summed E-state index contributed by atoms with van der Waals surface area (Å²) in [6.45, 7) is 4.59. The average molecular weight is 217 g/mol. The zero-order chi connectivity index (χ0) is 11.8. The van der Waals surface area contributed by atoms with Crippen molar-refractivity contribution in [3.8, 4) is 0 Å². The maximum atomic E-state index is 12.5. The van der Waals surface area contributed by atoms with Crippen molar-refractivity contribution >= 4 is 5.82 Å². The lowest BCUT2D eigenvalue weighted by molar-refractivity contribution is -0.138. The Labute approximate surface area is 84.2 Å². The smallest absolute Gasteiger partial charge is 0.385 e. The molecule has 0 saturated carbocycles. The molecule has 0 amide bonds. The van der Waals surface area contributed by atoms with Gasteiger partial charge in [-0.3, -0.25) is 9.98 Å². The van der Waals surface area contributed by atoms with Crippen LogP contribution in [0.3, 0.4) is 0 Å². The SMILES string of the molecule is C=C(N)n1cc(C(F)(F)F)c(C)cc1=N. The van der Waals surface area contributed by atoms with Crippen molar-refractivity contribution < 1.29 is 13.2 Å². The molecule has 0 spiro atoms. The monoisotopic (exact) mass is 217 g/mol. The number of aromatic nitrogens is 1. The van der Waals surface area contributed by atoms with E-state index in [1.54, 1.807) is 0 Å². The molecule has 0 radical (unpaired) electrons. The van der Waals surface area contributed by atoms with Gasteiger partial charge in [-0.25, -0.2) is 0 Å². The number of hydrogen-bond acceptors (Lipinski definition) is 2. The molecule has 6 heteroatoms. The average Bonchev–Trinajstić information content (AvgIpc) is 2.00. The van der Waals surface area contributed by atoms with Crippen LogP contribution in [0.2, 0.25) is 0 Å². The molecule has 0 bridgehead atoms. The van der Waals surface area contributed by atoms with Crippen LogP contribution in [0.1, 0.15) is 11.1 Å². The molecule has 0 aliphatic heterocycles. The van der Waals surface area contributed by atoms with Crippen LogP contribution in [-0.2, 0) is 6.18 Å². The molecule has 3 N–H and O–H groups in total. The Bertz CT molecular complexity index is 457. The van der Waals surface area contributed by atoms with Crippen molar-refractivity contribution in [2.75, 3.05) is 0 Å². The van der Waals surface area contributed by atoms with Gasteiger partial charge < -0.3 is 5.73 Å². The van der Waals surface area contributed by atoms with Crippen molar-refractivity contribution in [1.82, 2.24) is 4.57 Å². The maximum Gasteiger partial charge on any atom is 0.418 e. The minimum Gasteiger partial charge on any atom is -0.385 e. The molecule has 0 aromatic carbocycles. The lowest BCUT2D eigenvalue weighted by Crippen LogP contribution is -2.25. The number of hydrogen-bond donors (Lipinski definition) is 2. The molecule has 0 fully saturated rings. The second-order valence-corrected chi connectivity index (χ2v) is 3.11. The predicted octanol–water partition coefficient (Wildman–Crippen LogP) is 1.68. The summed E-state index contributed by atoms with van der Waals surface area (Å²) in [5.41, 5.74) is 4.30. The van der Waals surface area contributed by atoms with E-state index in [2.05, 4.69) is 6.58 Å². The van der Waals surface area contributed by atoms with Crippen LogP contribution in [0.25, 0.3) is 5.82 Å². The number of alkyl halides is 3. The Kier molecular flexibility index (Phi) is 2.61. The van der Waals surface area contributed by atoms with Crippen molar-refractivity contribution in [3.63, 3.8) is 0 Å². The van der Waals surface area contributed by atoms with E-state index < -0.39 is 11.7 Å². The first-order valence-corrected chi connectivity index (χ1v) is 4.03. The fourth-order valence-electron chi connectivity index (χ4n) is 1.19. The lowest BCUT2D eigenvalue weighted by Gasteiger charge is -2.13. The van der Waals surface area contributed by atoms with E-state index in [4.69, 9.17) is 11.1 Å². The second kappa shape index (κ2) is 3.45. The Morgan fingerprint density at radius 1 is 1.53 bits per heavy atom. The third-order valence-electron chi connectivity index (χ3n) is 1.91. The Balaban J connectivity index is 3.50. The van der Waals surface area contributed by atoms with Crippen molar-refractivity contribution in [3.05, 3.63) is 35.5 Å². The van der Waals surface area contributed by atoms with Gasteiger partial charge in [-0.1, -0.05) is 6.58 Å². The van der Waals surface area contributed by atoms with Gasteiger partial charge in [0.25, 0.3) is 0 Å². The van der Waals surface area contributed by atoms with Gasteiger partial charge in [0.05, 0.1) is 5.56 Å². The predicted molar refractivity (Wildman–Crippen MR) is 49.5 cm³/mol. The summed E-state index contributed by atoms with van der Waals surface area (Å²) in [5, 5.41) is 7.40. The standard InChI is InChI=1S/C9H10F3N3/c1-5-3-8(14)15(6(2)13)4-7(5)9(10,11)12/h3-4,14H,2,13H2,1H3. The lowest BCUT2D eigenvalue weighted by atomic mass is 10.1. The summed E-state index contributed by atoms with van der Waals surface area (Å²) >= 11 is 0. The van der Waals surface area contributed by atoms with Crippen LogP contribution in [0.5, 0.6) is 0 Å². The van der Waals surface area contributed by atoms with E-state index in [-0.39, 0.29) is 16.9 Å². The molecule has 0 aliphatic rings. The highest BCUT2D eigenvalue weighted by Crippen LogP contribution is 2.30. The Morgan fingerprint density at radius 3 is 2.47 bits per heavy atom. The number of halogens is 3. The van der Waals surface area contributed by atoms with E-state index in [0.717, 1.165) is 16.8 Å². The summed E-state index contributed by atoms with van der Waals surface area (Å²) in [4.78, 5) is 0. The molecule has 1 aromatic rings. The van der Waals surface area contributed by atoms with Crippen LogP contribution in [0.4, 0.5) is 13.2 Å². The second-order valence-electron chi connectivity index (χ2n) is 3.11. The van der Waals surface area contributed by atoms with Crippen LogP contribution in [0.15, 0.2) is 18.8 Å². The van der Waals surface area contributed by atoms with E-state index in [1.807, 2.05) is 0 Å². The zero-order valence-corrected chi connectivity index (χ0v) is 8.02. The van der Waals surface area contributed by atoms with Gasteiger partial charge in [-0.15, -0.1) is 0 Å². The molecule has 1 aromatic heterocycles. The molecule has 3 nitrogen and oxygen atoms in total. The largest absolute Gasteiger partial charge is 0.418 e. The van der Waals surface area contributed by atoms with Gasteiger partial charge in [0.2, 0.25) is 0 Å². The van der Waals surface area contributed by atoms with Crippen molar-refractivity contribution in [2.45, 2.75) is 13.1 Å². The summed E-state index contributed by atoms with van der Waals surface area (Å²) in [6.07, 6.45) is -3.67. The fourth-order valence-corrected chi connectivity index (χ4v) is 1.19. The molecular formula is C9H10F3N3. The van der Waals surface area contributed by atoms with E-state index in [0.29, 0.717) is 0 Å². The first-order valence-electron chi connectivity index (χ1n) is 4.03. The fraction of sp³-hybridized carbons (Fsp3) is 0.222. The minimum atomic E-state index is -4.45. The molecular weight excluding hydrogens is 207 g/mol. The van der Waals surface area contributed by atoms with Crippen LogP contribution in [-0.4, -0.2) is 4.57 Å². The molecule has 82 valence electrons. The first-order chi connectivity index (χ1) is 6.73. The third-order valence-corrected chi connectivity index (χ3v) is 1.91. The van der Waals surface area contributed by atoms with Gasteiger partial charge in [-0.05, 0) is 18.6 Å². The van der Waals surface area contributed by atoms with E-state index in [1.165, 1.54) is 6.92 Å². The van der Waals surface area contributed by atoms with Gasteiger partial charge in [-0.2, -0.15) is 13.2 Å². The third kappa shape index (κ3) is 2.20. The Hall–Kier alpha value is -1.72. The normalized spacial score (nSPS) is 11.5. The molecule has 0 atom stereocenters. The van der Waals surface area contributed by atoms with Crippen molar-refractivity contribution in [1.29, 1.82) is 5.41 Å². The highest BCUT2D eigenvalue weighted by Gasteiger charge is 2.33. The number of aryl methyl sites for hydroxylation is 1. The topological polar surface area (TPSA) is 54.8 Å². The van der Waals surface area contributed by atoms with Crippen LogP contribution >= 0.6 is 0 Å². The summed E-state index contributed by atoms with van der Waals surface area (Å²) in [5.74, 6) is -0.120. The number of nitrogens with two attached hydrogens (primary N) is 1. The summed E-state index contributed by atoms with van der Waals surface area (Å²) in [6, 6.07) is 1.10. The van der Waals surface area contributed by atoms with Crippen LogP contribution < -0.4 is 11.2 Å². The number of nitrogens with zero attached hydrogens (tertiary/aromatic N) is 1. The van der Waals surface area contributed by atoms with Gasteiger partial charge >= 0.3 is 6.18 Å². The highest BCUT2D eigenvalue weighted by molar-refractivity contribution is 5.39. The van der Waals surface area contributed by atoms with Crippen molar-refractivity contribution in [2.24, 2.45) is 5.73 Å². The number of pyridine rings is 1. The molecule has 1 rings (SSSR count). The molecule has 1 heterocycles. The molecule has 0 saturated heterocycles. The van der Waals surface area contributed by atoms with E-state index in [9.17, 15) is 13.2 Å². The zero-order valence-electron chi connectivity index (χ0n) is 8.02. The Morgan fingerprint density at radius 2 is 2.07 bits per heavy atom. The molecule has 0 aliphatic carbocycles. The summed E-state index contributed by atoms with van der Waals surface area (Å²) in [7, 11) is 0.